The highest BCUT2D eigenvalue weighted by molar-refractivity contribution is 5.15. The molecule has 0 amide bonds. The van der Waals surface area contributed by atoms with Gasteiger partial charge in [-0.15, -0.1) is 0 Å². The van der Waals surface area contributed by atoms with Crippen LogP contribution in [0.25, 0.3) is 0 Å². The molecule has 0 aliphatic carbocycles. The zero-order valence-electron chi connectivity index (χ0n) is 9.58. The van der Waals surface area contributed by atoms with Gasteiger partial charge in [0.1, 0.15) is 0 Å². The standard InChI is InChI=1S/C12H18N2O/c1-10(2)7-8-13-9-11-5-4-6-12(14-11)15-3/h4-7,13H,8-9H2,1-3H3. The van der Waals surface area contributed by atoms with Crippen LogP contribution in [0.15, 0.2) is 29.8 Å². The second-order valence-corrected chi connectivity index (χ2v) is 3.58. The van der Waals surface area contributed by atoms with Gasteiger partial charge in [-0.1, -0.05) is 17.7 Å². The van der Waals surface area contributed by atoms with Gasteiger partial charge in [-0.05, 0) is 19.9 Å². The number of hydrogen-bond acceptors (Lipinski definition) is 3. The molecule has 1 aromatic rings. The molecule has 0 spiro atoms. The predicted octanol–water partition coefficient (Wildman–Crippen LogP) is 2.15. The van der Waals surface area contributed by atoms with Gasteiger partial charge in [0.05, 0.1) is 12.8 Å². The van der Waals surface area contributed by atoms with Crippen LogP contribution in [0.5, 0.6) is 5.88 Å². The highest BCUT2D eigenvalue weighted by Gasteiger charge is 1.95. The zero-order valence-corrected chi connectivity index (χ0v) is 9.58. The number of hydrogen-bond donors (Lipinski definition) is 1. The molecular weight excluding hydrogens is 188 g/mol. The predicted molar refractivity (Wildman–Crippen MR) is 61.9 cm³/mol. The lowest BCUT2D eigenvalue weighted by Gasteiger charge is -2.03. The molecule has 15 heavy (non-hydrogen) atoms. The van der Waals surface area contributed by atoms with E-state index in [4.69, 9.17) is 4.74 Å². The number of rotatable bonds is 5. The van der Waals surface area contributed by atoms with Crippen LogP contribution in [0, 0.1) is 0 Å². The molecule has 0 unspecified atom stereocenters. The van der Waals surface area contributed by atoms with Crippen molar-refractivity contribution in [2.24, 2.45) is 0 Å². The van der Waals surface area contributed by atoms with Gasteiger partial charge in [0.2, 0.25) is 5.88 Å². The number of aromatic nitrogens is 1. The van der Waals surface area contributed by atoms with Crippen LogP contribution in [0.4, 0.5) is 0 Å². The summed E-state index contributed by atoms with van der Waals surface area (Å²) in [6, 6.07) is 5.78. The average molecular weight is 206 g/mol. The largest absolute Gasteiger partial charge is 0.481 e. The SMILES string of the molecule is COc1cccc(CNCC=C(C)C)n1. The smallest absolute Gasteiger partial charge is 0.213 e. The minimum absolute atomic E-state index is 0.663. The first kappa shape index (κ1) is 11.7. The Morgan fingerprint density at radius 1 is 1.47 bits per heavy atom. The third-order valence-corrected chi connectivity index (χ3v) is 1.95. The Morgan fingerprint density at radius 2 is 2.27 bits per heavy atom. The molecule has 1 rings (SSSR count). The number of ether oxygens (including phenoxy) is 1. The van der Waals surface area contributed by atoms with E-state index in [0.29, 0.717) is 5.88 Å². The monoisotopic (exact) mass is 206 g/mol. The second-order valence-electron chi connectivity index (χ2n) is 3.58. The summed E-state index contributed by atoms with van der Waals surface area (Å²) in [7, 11) is 1.63. The van der Waals surface area contributed by atoms with Crippen molar-refractivity contribution in [2.45, 2.75) is 20.4 Å². The van der Waals surface area contributed by atoms with Gasteiger partial charge >= 0.3 is 0 Å². The minimum Gasteiger partial charge on any atom is -0.481 e. The van der Waals surface area contributed by atoms with Crippen LogP contribution in [0.1, 0.15) is 19.5 Å². The highest BCUT2D eigenvalue weighted by atomic mass is 16.5. The van der Waals surface area contributed by atoms with Crippen molar-refractivity contribution in [3.8, 4) is 5.88 Å². The molecule has 0 aliphatic rings. The minimum atomic E-state index is 0.663. The van der Waals surface area contributed by atoms with E-state index < -0.39 is 0 Å². The van der Waals surface area contributed by atoms with E-state index in [1.165, 1.54) is 5.57 Å². The first-order valence-corrected chi connectivity index (χ1v) is 5.06. The van der Waals surface area contributed by atoms with Crippen LogP contribution in [0.2, 0.25) is 0 Å². The molecule has 0 saturated heterocycles. The summed E-state index contributed by atoms with van der Waals surface area (Å²) in [5.41, 5.74) is 2.32. The van der Waals surface area contributed by atoms with Crippen molar-refractivity contribution in [2.75, 3.05) is 13.7 Å². The molecule has 1 N–H and O–H groups in total. The van der Waals surface area contributed by atoms with Gasteiger partial charge < -0.3 is 10.1 Å². The highest BCUT2D eigenvalue weighted by Crippen LogP contribution is 2.05. The molecule has 82 valence electrons. The summed E-state index contributed by atoms with van der Waals surface area (Å²) >= 11 is 0. The van der Waals surface area contributed by atoms with Crippen LogP contribution < -0.4 is 10.1 Å². The maximum atomic E-state index is 5.05. The number of nitrogens with one attached hydrogen (secondary N) is 1. The Hall–Kier alpha value is -1.35. The Kier molecular flexibility index (Phi) is 4.84. The van der Waals surface area contributed by atoms with Gasteiger partial charge in [-0.2, -0.15) is 0 Å². The molecule has 3 nitrogen and oxygen atoms in total. The molecule has 0 saturated carbocycles. The van der Waals surface area contributed by atoms with Crippen molar-refractivity contribution >= 4 is 0 Å². The van der Waals surface area contributed by atoms with E-state index in [1.54, 1.807) is 7.11 Å². The van der Waals surface area contributed by atoms with Crippen LogP contribution in [-0.4, -0.2) is 18.6 Å². The Labute approximate surface area is 91.2 Å². The van der Waals surface area contributed by atoms with E-state index in [9.17, 15) is 0 Å². The summed E-state index contributed by atoms with van der Waals surface area (Å²) in [6.07, 6.45) is 2.15. The normalized spacial score (nSPS) is 9.80. The number of pyridine rings is 1. The fraction of sp³-hybridized carbons (Fsp3) is 0.417. The van der Waals surface area contributed by atoms with E-state index in [-0.39, 0.29) is 0 Å². The summed E-state index contributed by atoms with van der Waals surface area (Å²) in [4.78, 5) is 4.30. The molecule has 0 bridgehead atoms. The summed E-state index contributed by atoms with van der Waals surface area (Å²) in [5, 5.41) is 3.29. The lowest BCUT2D eigenvalue weighted by molar-refractivity contribution is 0.396. The summed E-state index contributed by atoms with van der Waals surface area (Å²) < 4.78 is 5.05. The molecule has 1 heterocycles. The zero-order chi connectivity index (χ0) is 11.1. The van der Waals surface area contributed by atoms with E-state index in [1.807, 2.05) is 18.2 Å². The van der Waals surface area contributed by atoms with E-state index in [2.05, 4.69) is 30.2 Å². The maximum Gasteiger partial charge on any atom is 0.213 e. The van der Waals surface area contributed by atoms with Gasteiger partial charge in [-0.25, -0.2) is 4.98 Å². The van der Waals surface area contributed by atoms with Gasteiger partial charge in [0, 0.05) is 19.2 Å². The van der Waals surface area contributed by atoms with Crippen molar-refractivity contribution < 1.29 is 4.74 Å². The summed E-state index contributed by atoms with van der Waals surface area (Å²) in [6.45, 7) is 5.82. The second kappa shape index (κ2) is 6.19. The number of nitrogens with zero attached hydrogens (tertiary/aromatic N) is 1. The molecule has 0 fully saturated rings. The van der Waals surface area contributed by atoms with Crippen LogP contribution >= 0.6 is 0 Å². The Bertz CT molecular complexity index is 330. The van der Waals surface area contributed by atoms with Gasteiger partial charge in [-0.3, -0.25) is 0 Å². The molecule has 3 heteroatoms. The quantitative estimate of drug-likeness (QED) is 0.592. The van der Waals surface area contributed by atoms with E-state index >= 15 is 0 Å². The molecule has 0 atom stereocenters. The summed E-state index contributed by atoms with van der Waals surface area (Å²) in [5.74, 6) is 0.663. The van der Waals surface area contributed by atoms with Crippen LogP contribution in [0.3, 0.4) is 0 Å². The fourth-order valence-corrected chi connectivity index (χ4v) is 1.15. The number of methoxy groups -OCH3 is 1. The first-order valence-electron chi connectivity index (χ1n) is 5.06. The van der Waals surface area contributed by atoms with E-state index in [0.717, 1.165) is 18.8 Å². The van der Waals surface area contributed by atoms with Crippen molar-refractivity contribution in [1.29, 1.82) is 0 Å². The molecule has 0 aromatic carbocycles. The Morgan fingerprint density at radius 3 is 2.93 bits per heavy atom. The lowest BCUT2D eigenvalue weighted by Crippen LogP contribution is -2.14. The molecular formula is C12H18N2O. The van der Waals surface area contributed by atoms with Crippen molar-refractivity contribution in [3.05, 3.63) is 35.5 Å². The molecule has 1 aromatic heterocycles. The lowest BCUT2D eigenvalue weighted by atomic mass is 10.3. The topological polar surface area (TPSA) is 34.1 Å². The molecule has 0 radical (unpaired) electrons. The fourth-order valence-electron chi connectivity index (χ4n) is 1.15. The molecule has 0 aliphatic heterocycles. The first-order chi connectivity index (χ1) is 7.22. The van der Waals surface area contributed by atoms with Gasteiger partial charge in [0.15, 0.2) is 0 Å². The van der Waals surface area contributed by atoms with Crippen molar-refractivity contribution in [3.63, 3.8) is 0 Å². The number of allylic oxidation sites excluding steroid dienone is 1. The third-order valence-electron chi connectivity index (χ3n) is 1.95. The van der Waals surface area contributed by atoms with Crippen molar-refractivity contribution in [1.82, 2.24) is 10.3 Å². The average Bonchev–Trinajstić information content (AvgIpc) is 2.24. The third kappa shape index (κ3) is 4.61. The maximum absolute atomic E-state index is 5.05. The van der Waals surface area contributed by atoms with Crippen LogP contribution in [-0.2, 0) is 6.54 Å². The Balaban J connectivity index is 2.40. The van der Waals surface area contributed by atoms with Gasteiger partial charge in [0.25, 0.3) is 0 Å².